The van der Waals surface area contributed by atoms with Crippen molar-refractivity contribution in [2.24, 2.45) is 10.9 Å². The number of amides is 1. The molecule has 3 aliphatic rings. The minimum Gasteiger partial charge on any atom is -0.273 e. The first-order valence-electron chi connectivity index (χ1n) is 6.20. The molecule has 0 spiro atoms. The Morgan fingerprint density at radius 2 is 2.05 bits per heavy atom. The van der Waals surface area contributed by atoms with Gasteiger partial charge in [-0.05, 0) is 25.5 Å². The van der Waals surface area contributed by atoms with Gasteiger partial charge < -0.3 is 0 Å². The van der Waals surface area contributed by atoms with E-state index in [1.165, 1.54) is 0 Å². The molecule has 4 nitrogen and oxygen atoms in total. The fourth-order valence-electron chi connectivity index (χ4n) is 2.68. The molecule has 0 bridgehead atoms. The lowest BCUT2D eigenvalue weighted by molar-refractivity contribution is -0.129. The summed E-state index contributed by atoms with van der Waals surface area (Å²) >= 11 is 0. The zero-order valence-corrected chi connectivity index (χ0v) is 10.8. The molecule has 4 heteroatoms. The Balaban J connectivity index is 2.19. The Hall–Kier alpha value is -2.41. The van der Waals surface area contributed by atoms with Gasteiger partial charge in [-0.25, -0.2) is 0 Å². The van der Waals surface area contributed by atoms with Crippen LogP contribution in [0, 0.1) is 17.2 Å². The Labute approximate surface area is 111 Å². The van der Waals surface area contributed by atoms with Crippen molar-refractivity contribution in [2.45, 2.75) is 19.9 Å². The van der Waals surface area contributed by atoms with E-state index in [-0.39, 0.29) is 17.9 Å². The molecular weight excluding hydrogens is 238 g/mol. The number of aliphatic imine (C=N–C) groups is 1. The Kier molecular flexibility index (Phi) is 2.49. The molecular formula is C15H13N3O. The van der Waals surface area contributed by atoms with Gasteiger partial charge in [-0.15, -0.1) is 0 Å². The molecule has 0 aromatic carbocycles. The van der Waals surface area contributed by atoms with Gasteiger partial charge in [0, 0.05) is 5.70 Å². The van der Waals surface area contributed by atoms with Crippen molar-refractivity contribution in [1.82, 2.24) is 4.90 Å². The van der Waals surface area contributed by atoms with Gasteiger partial charge in [0.25, 0.3) is 0 Å². The highest BCUT2D eigenvalue weighted by Gasteiger charge is 2.40. The number of rotatable bonds is 0. The number of allylic oxidation sites excluding steroid dienone is 5. The van der Waals surface area contributed by atoms with Crippen molar-refractivity contribution in [3.63, 3.8) is 0 Å². The first-order chi connectivity index (χ1) is 9.13. The monoisotopic (exact) mass is 251 g/mol. The van der Waals surface area contributed by atoms with Gasteiger partial charge in [0.15, 0.2) is 5.84 Å². The van der Waals surface area contributed by atoms with E-state index in [4.69, 9.17) is 0 Å². The van der Waals surface area contributed by atoms with E-state index in [9.17, 15) is 10.1 Å². The molecule has 0 N–H and O–H groups in total. The van der Waals surface area contributed by atoms with Crippen LogP contribution in [0.15, 0.2) is 52.2 Å². The van der Waals surface area contributed by atoms with Crippen molar-refractivity contribution < 1.29 is 4.79 Å². The number of fused-ring (bicyclic) bond motifs is 2. The van der Waals surface area contributed by atoms with Crippen LogP contribution in [0.4, 0.5) is 0 Å². The van der Waals surface area contributed by atoms with Crippen molar-refractivity contribution >= 4 is 11.7 Å². The van der Waals surface area contributed by atoms with Crippen LogP contribution in [0.1, 0.15) is 13.8 Å². The van der Waals surface area contributed by atoms with Crippen LogP contribution in [0.3, 0.4) is 0 Å². The van der Waals surface area contributed by atoms with Gasteiger partial charge in [-0.1, -0.05) is 24.3 Å². The van der Waals surface area contributed by atoms with Crippen LogP contribution in [-0.2, 0) is 4.79 Å². The summed E-state index contributed by atoms with van der Waals surface area (Å²) < 4.78 is 0. The Bertz CT molecular complexity index is 655. The van der Waals surface area contributed by atoms with Gasteiger partial charge in [0.1, 0.15) is 6.07 Å². The van der Waals surface area contributed by atoms with E-state index in [2.05, 4.69) is 11.1 Å². The van der Waals surface area contributed by atoms with E-state index in [1.807, 2.05) is 44.2 Å². The summed E-state index contributed by atoms with van der Waals surface area (Å²) in [7, 11) is 0. The molecule has 3 rings (SSSR count). The summed E-state index contributed by atoms with van der Waals surface area (Å²) in [6.07, 6.45) is 9.40. The zero-order chi connectivity index (χ0) is 13.6. The highest BCUT2D eigenvalue weighted by atomic mass is 16.2. The number of carbonyl (C=O) groups is 1. The van der Waals surface area contributed by atoms with E-state index in [0.717, 1.165) is 11.3 Å². The van der Waals surface area contributed by atoms with Crippen molar-refractivity contribution in [2.75, 3.05) is 0 Å². The van der Waals surface area contributed by atoms with Crippen LogP contribution in [-0.4, -0.2) is 22.7 Å². The summed E-state index contributed by atoms with van der Waals surface area (Å²) in [6, 6.07) is 1.97. The minimum atomic E-state index is -0.254. The first-order valence-corrected chi connectivity index (χ1v) is 6.20. The molecule has 94 valence electrons. The molecule has 1 aliphatic carbocycles. The average Bonchev–Trinajstić information content (AvgIpc) is 2.39. The van der Waals surface area contributed by atoms with Crippen molar-refractivity contribution in [3.05, 3.63) is 47.2 Å². The summed E-state index contributed by atoms with van der Waals surface area (Å²) in [5, 5.41) is 9.28. The second-order valence-corrected chi connectivity index (χ2v) is 4.87. The highest BCUT2D eigenvalue weighted by Crippen LogP contribution is 2.32. The lowest BCUT2D eigenvalue weighted by Gasteiger charge is -2.37. The summed E-state index contributed by atoms with van der Waals surface area (Å²) in [4.78, 5) is 18.7. The summed E-state index contributed by atoms with van der Waals surface area (Å²) in [6.45, 7) is 3.74. The first kappa shape index (κ1) is 11.7. The fourth-order valence-corrected chi connectivity index (χ4v) is 2.68. The van der Waals surface area contributed by atoms with E-state index < -0.39 is 0 Å². The zero-order valence-electron chi connectivity index (χ0n) is 10.8. The number of hydrogen-bond acceptors (Lipinski definition) is 3. The SMILES string of the molecule is CC1=CC(C)=C(C#N)C2=NC3C=CC=CC3C(=O)N12. The summed E-state index contributed by atoms with van der Waals surface area (Å²) in [5.74, 6) is 0.228. The molecule has 0 fully saturated rings. The topological polar surface area (TPSA) is 56.5 Å². The normalized spacial score (nSPS) is 28.5. The molecule has 2 unspecified atom stereocenters. The molecule has 1 amide bonds. The van der Waals surface area contributed by atoms with Crippen LogP contribution >= 0.6 is 0 Å². The lowest BCUT2D eigenvalue weighted by atomic mass is 9.89. The molecule has 2 heterocycles. The van der Waals surface area contributed by atoms with Crippen LogP contribution in [0.5, 0.6) is 0 Å². The molecule has 0 radical (unpaired) electrons. The molecule has 0 saturated carbocycles. The number of carbonyl (C=O) groups excluding carboxylic acids is 1. The lowest BCUT2D eigenvalue weighted by Crippen LogP contribution is -2.49. The summed E-state index contributed by atoms with van der Waals surface area (Å²) in [5.41, 5.74) is 2.17. The third-order valence-corrected chi connectivity index (χ3v) is 3.60. The predicted molar refractivity (Wildman–Crippen MR) is 71.9 cm³/mol. The van der Waals surface area contributed by atoms with Gasteiger partial charge in [0.2, 0.25) is 5.91 Å². The Morgan fingerprint density at radius 3 is 2.79 bits per heavy atom. The third kappa shape index (κ3) is 1.59. The number of nitriles is 1. The van der Waals surface area contributed by atoms with Crippen LogP contribution in [0.2, 0.25) is 0 Å². The second-order valence-electron chi connectivity index (χ2n) is 4.87. The maximum absolute atomic E-state index is 12.6. The molecule has 19 heavy (non-hydrogen) atoms. The molecule has 2 aliphatic heterocycles. The predicted octanol–water partition coefficient (Wildman–Crippen LogP) is 2.10. The molecule has 2 atom stereocenters. The van der Waals surface area contributed by atoms with Gasteiger partial charge in [-0.2, -0.15) is 5.26 Å². The minimum absolute atomic E-state index is 0.00963. The van der Waals surface area contributed by atoms with Crippen molar-refractivity contribution in [1.29, 1.82) is 5.26 Å². The van der Waals surface area contributed by atoms with E-state index >= 15 is 0 Å². The number of amidine groups is 1. The second kappa shape index (κ2) is 4.06. The maximum atomic E-state index is 12.6. The highest BCUT2D eigenvalue weighted by molar-refractivity contribution is 6.15. The Morgan fingerprint density at radius 1 is 1.32 bits per heavy atom. The third-order valence-electron chi connectivity index (χ3n) is 3.60. The number of hydrogen-bond donors (Lipinski definition) is 0. The van der Waals surface area contributed by atoms with E-state index in [0.29, 0.717) is 11.4 Å². The smallest absolute Gasteiger partial charge is 0.241 e. The van der Waals surface area contributed by atoms with Gasteiger partial charge in [-0.3, -0.25) is 14.7 Å². The maximum Gasteiger partial charge on any atom is 0.241 e. The standard InChI is InChI=1S/C15H13N3O/c1-9-7-10(2)18-14(12(9)8-16)17-13-6-4-3-5-11(13)15(18)19/h3-7,11,13H,1-2H3. The molecule has 0 saturated heterocycles. The molecule has 0 aromatic heterocycles. The molecule has 0 aromatic rings. The van der Waals surface area contributed by atoms with Crippen LogP contribution < -0.4 is 0 Å². The fraction of sp³-hybridized carbons (Fsp3) is 0.267. The average molecular weight is 251 g/mol. The quantitative estimate of drug-likeness (QED) is 0.662. The van der Waals surface area contributed by atoms with Gasteiger partial charge in [0.05, 0.1) is 17.5 Å². The van der Waals surface area contributed by atoms with Gasteiger partial charge >= 0.3 is 0 Å². The largest absolute Gasteiger partial charge is 0.273 e. The number of nitrogens with zero attached hydrogens (tertiary/aromatic N) is 3. The van der Waals surface area contributed by atoms with E-state index in [1.54, 1.807) is 4.90 Å². The van der Waals surface area contributed by atoms with Crippen LogP contribution in [0.25, 0.3) is 0 Å². The van der Waals surface area contributed by atoms with Crippen molar-refractivity contribution in [3.8, 4) is 6.07 Å².